The third kappa shape index (κ3) is 3.51. The van der Waals surface area contributed by atoms with Gasteiger partial charge in [-0.05, 0) is 6.07 Å². The SMILES string of the molecule is COC(=O)c1cc(OC(F)(F)F)cc(C#N)c1OC. The Morgan fingerprint density at radius 2 is 1.95 bits per heavy atom. The van der Waals surface area contributed by atoms with Crippen molar-refractivity contribution in [3.8, 4) is 17.6 Å². The Morgan fingerprint density at radius 3 is 2.37 bits per heavy atom. The topological polar surface area (TPSA) is 68.5 Å². The maximum atomic E-state index is 12.1. The number of carbonyl (C=O) groups excluding carboxylic acids is 1. The van der Waals surface area contributed by atoms with Gasteiger partial charge in [-0.1, -0.05) is 0 Å². The molecule has 0 aliphatic heterocycles. The van der Waals surface area contributed by atoms with Crippen molar-refractivity contribution >= 4 is 5.97 Å². The molecule has 0 atom stereocenters. The summed E-state index contributed by atoms with van der Waals surface area (Å²) in [6, 6.07) is 3.22. The van der Waals surface area contributed by atoms with Crippen molar-refractivity contribution in [3.05, 3.63) is 23.3 Å². The molecule has 19 heavy (non-hydrogen) atoms. The molecule has 0 spiro atoms. The van der Waals surface area contributed by atoms with Crippen LogP contribution in [0, 0.1) is 11.3 Å². The number of hydrogen-bond acceptors (Lipinski definition) is 5. The van der Waals surface area contributed by atoms with Crippen LogP contribution >= 0.6 is 0 Å². The van der Waals surface area contributed by atoms with Crippen molar-refractivity contribution in [3.63, 3.8) is 0 Å². The van der Waals surface area contributed by atoms with Crippen molar-refractivity contribution in [1.82, 2.24) is 0 Å². The van der Waals surface area contributed by atoms with Gasteiger partial charge in [0.1, 0.15) is 17.4 Å². The van der Waals surface area contributed by atoms with Crippen molar-refractivity contribution < 1.29 is 32.2 Å². The molecule has 1 rings (SSSR count). The molecule has 0 amide bonds. The zero-order valence-corrected chi connectivity index (χ0v) is 9.87. The van der Waals surface area contributed by atoms with Gasteiger partial charge in [0.15, 0.2) is 5.75 Å². The number of carbonyl (C=O) groups is 1. The van der Waals surface area contributed by atoms with Gasteiger partial charge in [-0.15, -0.1) is 13.2 Å². The van der Waals surface area contributed by atoms with Crippen LogP contribution in [0.1, 0.15) is 15.9 Å². The lowest BCUT2D eigenvalue weighted by atomic mass is 10.1. The molecule has 0 saturated carbocycles. The number of esters is 1. The van der Waals surface area contributed by atoms with Crippen LogP contribution in [0.3, 0.4) is 0 Å². The molecule has 0 saturated heterocycles. The summed E-state index contributed by atoms with van der Waals surface area (Å²) in [6.07, 6.45) is -4.94. The first-order valence-electron chi connectivity index (χ1n) is 4.78. The molecular formula is C11H8F3NO4. The maximum absolute atomic E-state index is 12.1. The highest BCUT2D eigenvalue weighted by atomic mass is 19.4. The molecule has 0 aliphatic rings. The molecule has 8 heteroatoms. The third-order valence-corrected chi connectivity index (χ3v) is 2.03. The molecule has 0 bridgehead atoms. The zero-order chi connectivity index (χ0) is 14.6. The highest BCUT2D eigenvalue weighted by molar-refractivity contribution is 5.94. The quantitative estimate of drug-likeness (QED) is 0.791. The van der Waals surface area contributed by atoms with E-state index in [1.54, 1.807) is 6.07 Å². The van der Waals surface area contributed by atoms with Crippen molar-refractivity contribution in [2.75, 3.05) is 14.2 Å². The largest absolute Gasteiger partial charge is 0.573 e. The molecule has 0 N–H and O–H groups in total. The Bertz CT molecular complexity index is 534. The molecule has 1 aromatic rings. The minimum Gasteiger partial charge on any atom is -0.494 e. The van der Waals surface area contributed by atoms with Gasteiger partial charge >= 0.3 is 12.3 Å². The van der Waals surface area contributed by atoms with Crippen LogP contribution in [0.15, 0.2) is 12.1 Å². The van der Waals surface area contributed by atoms with E-state index >= 15 is 0 Å². The molecule has 0 unspecified atom stereocenters. The fourth-order valence-electron chi connectivity index (χ4n) is 1.36. The normalized spacial score (nSPS) is 10.5. The van der Waals surface area contributed by atoms with E-state index in [2.05, 4.69) is 9.47 Å². The second-order valence-electron chi connectivity index (χ2n) is 3.20. The van der Waals surface area contributed by atoms with Gasteiger partial charge in [0.2, 0.25) is 0 Å². The standard InChI is InChI=1S/C11H8F3NO4/c1-17-9-6(5-15)3-7(19-11(12,13)14)4-8(9)10(16)18-2/h3-4H,1-2H3. The van der Waals surface area contributed by atoms with Crippen molar-refractivity contribution in [2.45, 2.75) is 6.36 Å². The summed E-state index contributed by atoms with van der Waals surface area (Å²) in [6.45, 7) is 0. The van der Waals surface area contributed by atoms with Gasteiger partial charge in [0, 0.05) is 6.07 Å². The van der Waals surface area contributed by atoms with Crippen LogP contribution in [0.25, 0.3) is 0 Å². The summed E-state index contributed by atoms with van der Waals surface area (Å²) in [4.78, 5) is 11.4. The van der Waals surface area contributed by atoms with E-state index in [1.165, 1.54) is 7.11 Å². The number of hydrogen-bond donors (Lipinski definition) is 0. The Balaban J connectivity index is 3.39. The minimum absolute atomic E-state index is 0.177. The highest BCUT2D eigenvalue weighted by Crippen LogP contribution is 2.32. The van der Waals surface area contributed by atoms with Crippen LogP contribution in [-0.2, 0) is 4.74 Å². The first-order chi connectivity index (χ1) is 8.82. The van der Waals surface area contributed by atoms with E-state index in [0.717, 1.165) is 19.2 Å². The Hall–Kier alpha value is -2.43. The Labute approximate surface area is 106 Å². The first kappa shape index (κ1) is 14.6. The molecule has 5 nitrogen and oxygen atoms in total. The Kier molecular flexibility index (Phi) is 4.22. The van der Waals surface area contributed by atoms with Crippen LogP contribution in [0.5, 0.6) is 11.5 Å². The van der Waals surface area contributed by atoms with Crippen LogP contribution in [0.2, 0.25) is 0 Å². The number of halogens is 3. The molecule has 102 valence electrons. The summed E-state index contributed by atoms with van der Waals surface area (Å²) in [5, 5.41) is 8.83. The van der Waals surface area contributed by atoms with E-state index in [9.17, 15) is 18.0 Å². The molecular weight excluding hydrogens is 267 g/mol. The number of benzene rings is 1. The second kappa shape index (κ2) is 5.48. The third-order valence-electron chi connectivity index (χ3n) is 2.03. The monoisotopic (exact) mass is 275 g/mol. The van der Waals surface area contributed by atoms with Gasteiger partial charge in [0.05, 0.1) is 19.8 Å². The summed E-state index contributed by atoms with van der Waals surface area (Å²) >= 11 is 0. The van der Waals surface area contributed by atoms with Crippen molar-refractivity contribution in [2.24, 2.45) is 0 Å². The summed E-state index contributed by atoms with van der Waals surface area (Å²) < 4.78 is 49.2. The fraction of sp³-hybridized carbons (Fsp3) is 0.273. The van der Waals surface area contributed by atoms with Gasteiger partial charge in [-0.3, -0.25) is 0 Å². The number of methoxy groups -OCH3 is 2. The lowest BCUT2D eigenvalue weighted by Crippen LogP contribution is -2.18. The summed E-state index contributed by atoms with van der Waals surface area (Å²) in [5.41, 5.74) is -0.604. The van der Waals surface area contributed by atoms with Gasteiger partial charge in [-0.2, -0.15) is 5.26 Å². The van der Waals surface area contributed by atoms with E-state index < -0.39 is 18.1 Å². The molecule has 0 aliphatic carbocycles. The predicted octanol–water partition coefficient (Wildman–Crippen LogP) is 2.25. The summed E-state index contributed by atoms with van der Waals surface area (Å²) in [5.74, 6) is -1.82. The van der Waals surface area contributed by atoms with Crippen molar-refractivity contribution in [1.29, 1.82) is 5.26 Å². The van der Waals surface area contributed by atoms with Gasteiger partial charge in [0.25, 0.3) is 0 Å². The van der Waals surface area contributed by atoms with Gasteiger partial charge in [-0.25, -0.2) is 4.79 Å². The number of ether oxygens (including phenoxy) is 3. The first-order valence-corrected chi connectivity index (χ1v) is 4.78. The van der Waals surface area contributed by atoms with E-state index in [0.29, 0.717) is 0 Å². The number of rotatable bonds is 3. The smallest absolute Gasteiger partial charge is 0.494 e. The lowest BCUT2D eigenvalue weighted by molar-refractivity contribution is -0.274. The predicted molar refractivity (Wildman–Crippen MR) is 55.7 cm³/mol. The number of nitrogens with zero attached hydrogens (tertiary/aromatic N) is 1. The van der Waals surface area contributed by atoms with Crippen LogP contribution in [-0.4, -0.2) is 26.6 Å². The van der Waals surface area contributed by atoms with Gasteiger partial charge < -0.3 is 14.2 Å². The summed E-state index contributed by atoms with van der Waals surface area (Å²) in [7, 11) is 2.22. The minimum atomic E-state index is -4.94. The van der Waals surface area contributed by atoms with E-state index in [4.69, 9.17) is 10.00 Å². The number of nitriles is 1. The average molecular weight is 275 g/mol. The fourth-order valence-corrected chi connectivity index (χ4v) is 1.36. The average Bonchev–Trinajstić information content (AvgIpc) is 2.34. The highest BCUT2D eigenvalue weighted by Gasteiger charge is 2.32. The lowest BCUT2D eigenvalue weighted by Gasteiger charge is -2.13. The molecule has 0 heterocycles. The van der Waals surface area contributed by atoms with Crippen LogP contribution < -0.4 is 9.47 Å². The zero-order valence-electron chi connectivity index (χ0n) is 9.87. The molecule has 0 radical (unpaired) electrons. The van der Waals surface area contributed by atoms with Crippen LogP contribution in [0.4, 0.5) is 13.2 Å². The molecule has 0 fully saturated rings. The second-order valence-corrected chi connectivity index (χ2v) is 3.20. The molecule has 0 aromatic heterocycles. The Morgan fingerprint density at radius 1 is 1.32 bits per heavy atom. The number of alkyl halides is 3. The maximum Gasteiger partial charge on any atom is 0.573 e. The molecule has 1 aromatic carbocycles. The van der Waals surface area contributed by atoms with E-state index in [1.807, 2.05) is 0 Å². The van der Waals surface area contributed by atoms with E-state index in [-0.39, 0.29) is 16.9 Å².